The van der Waals surface area contributed by atoms with Gasteiger partial charge in [0.05, 0.1) is 5.60 Å². The van der Waals surface area contributed by atoms with Gasteiger partial charge in [-0.25, -0.2) is 0 Å². The fourth-order valence-corrected chi connectivity index (χ4v) is 2.49. The van der Waals surface area contributed by atoms with E-state index in [0.717, 1.165) is 19.3 Å². The van der Waals surface area contributed by atoms with Crippen LogP contribution < -0.4 is 0 Å². The van der Waals surface area contributed by atoms with Gasteiger partial charge in [0.25, 0.3) is 0 Å². The van der Waals surface area contributed by atoms with Crippen LogP contribution in [0.1, 0.15) is 38.5 Å². The maximum absolute atomic E-state index is 11.6. The summed E-state index contributed by atoms with van der Waals surface area (Å²) in [4.78, 5) is 11.6. The van der Waals surface area contributed by atoms with Gasteiger partial charge in [-0.15, -0.1) is 0 Å². The third kappa shape index (κ3) is 1.55. The molecule has 0 aromatic carbocycles. The summed E-state index contributed by atoms with van der Waals surface area (Å²) in [5, 5.41) is 10.2. The van der Waals surface area contributed by atoms with E-state index in [0.29, 0.717) is 19.3 Å². The highest BCUT2D eigenvalue weighted by Crippen LogP contribution is 2.37. The maximum atomic E-state index is 11.6. The van der Waals surface area contributed by atoms with E-state index in [1.54, 1.807) is 0 Å². The lowest BCUT2D eigenvalue weighted by atomic mass is 9.75. The average molecular weight is 180 g/mol. The summed E-state index contributed by atoms with van der Waals surface area (Å²) < 4.78 is 0. The molecule has 13 heavy (non-hydrogen) atoms. The first-order valence-corrected chi connectivity index (χ1v) is 5.12. The predicted octanol–water partition coefficient (Wildman–Crippen LogP) is 1.83. The van der Waals surface area contributed by atoms with Crippen LogP contribution >= 0.6 is 0 Å². The Labute approximate surface area is 78.6 Å². The van der Waals surface area contributed by atoms with Gasteiger partial charge in [-0.1, -0.05) is 18.6 Å². The summed E-state index contributed by atoms with van der Waals surface area (Å²) >= 11 is 0. The number of carbonyl (C=O) groups is 1. The molecule has 0 amide bonds. The zero-order valence-corrected chi connectivity index (χ0v) is 7.83. The molecule has 2 heteroatoms. The van der Waals surface area contributed by atoms with Gasteiger partial charge < -0.3 is 5.11 Å². The molecule has 1 saturated carbocycles. The van der Waals surface area contributed by atoms with Crippen molar-refractivity contribution < 1.29 is 9.90 Å². The topological polar surface area (TPSA) is 37.3 Å². The first-order chi connectivity index (χ1) is 6.22. The lowest BCUT2D eigenvalue weighted by molar-refractivity contribution is -0.134. The van der Waals surface area contributed by atoms with Crippen LogP contribution in [0.4, 0.5) is 0 Å². The minimum atomic E-state index is -0.725. The molecule has 1 fully saturated rings. The molecular formula is C11H16O2. The molecule has 0 aliphatic heterocycles. The molecule has 2 aliphatic rings. The van der Waals surface area contributed by atoms with Gasteiger partial charge in [0, 0.05) is 12.3 Å². The number of ketones is 1. The van der Waals surface area contributed by atoms with Crippen LogP contribution in [0, 0.1) is 5.92 Å². The molecule has 72 valence electrons. The summed E-state index contributed by atoms with van der Waals surface area (Å²) in [7, 11) is 0. The Morgan fingerprint density at radius 1 is 1.31 bits per heavy atom. The summed E-state index contributed by atoms with van der Waals surface area (Å²) in [6.07, 6.45) is 8.98. The SMILES string of the molecule is O=C1CCCCC1C1(O)CC=CC1. The van der Waals surface area contributed by atoms with Crippen molar-refractivity contribution in [3.8, 4) is 0 Å². The second-order valence-electron chi connectivity index (χ2n) is 4.25. The Morgan fingerprint density at radius 3 is 2.62 bits per heavy atom. The molecule has 2 nitrogen and oxygen atoms in total. The Hall–Kier alpha value is -0.630. The van der Waals surface area contributed by atoms with Crippen molar-refractivity contribution in [1.29, 1.82) is 0 Å². The highest BCUT2D eigenvalue weighted by atomic mass is 16.3. The van der Waals surface area contributed by atoms with E-state index >= 15 is 0 Å². The van der Waals surface area contributed by atoms with Gasteiger partial charge in [-0.2, -0.15) is 0 Å². The largest absolute Gasteiger partial charge is 0.388 e. The molecule has 0 bridgehead atoms. The molecule has 0 aromatic rings. The summed E-state index contributed by atoms with van der Waals surface area (Å²) in [6, 6.07) is 0. The molecule has 0 radical (unpaired) electrons. The van der Waals surface area contributed by atoms with Crippen LogP contribution in [-0.4, -0.2) is 16.5 Å². The molecule has 0 spiro atoms. The van der Waals surface area contributed by atoms with E-state index < -0.39 is 5.60 Å². The molecule has 1 N–H and O–H groups in total. The fraction of sp³-hybridized carbons (Fsp3) is 0.727. The second kappa shape index (κ2) is 3.26. The Kier molecular flexibility index (Phi) is 2.24. The van der Waals surface area contributed by atoms with Gasteiger partial charge in [-0.3, -0.25) is 4.79 Å². The molecule has 1 unspecified atom stereocenters. The number of aliphatic hydroxyl groups is 1. The lowest BCUT2D eigenvalue weighted by Crippen LogP contribution is -2.41. The normalized spacial score (nSPS) is 32.4. The fourth-order valence-electron chi connectivity index (χ4n) is 2.49. The van der Waals surface area contributed by atoms with Crippen molar-refractivity contribution >= 4 is 5.78 Å². The molecular weight excluding hydrogens is 164 g/mol. The molecule has 2 rings (SSSR count). The van der Waals surface area contributed by atoms with E-state index in [-0.39, 0.29) is 11.7 Å². The number of hydrogen-bond acceptors (Lipinski definition) is 2. The van der Waals surface area contributed by atoms with Gasteiger partial charge in [0.15, 0.2) is 0 Å². The third-order valence-corrected chi connectivity index (χ3v) is 3.31. The van der Waals surface area contributed by atoms with E-state index in [9.17, 15) is 9.90 Å². The highest BCUT2D eigenvalue weighted by molar-refractivity contribution is 5.83. The standard InChI is InChI=1S/C11H16O2/c12-10-6-2-1-5-9(10)11(13)7-3-4-8-11/h3-4,9,13H,1-2,5-8H2. The summed E-state index contributed by atoms with van der Waals surface area (Å²) in [6.45, 7) is 0. The third-order valence-electron chi connectivity index (χ3n) is 3.31. The first-order valence-electron chi connectivity index (χ1n) is 5.12. The molecule has 0 aromatic heterocycles. The minimum absolute atomic E-state index is 0.0868. The monoisotopic (exact) mass is 180 g/mol. The van der Waals surface area contributed by atoms with Crippen LogP contribution in [0.15, 0.2) is 12.2 Å². The van der Waals surface area contributed by atoms with E-state index in [1.807, 2.05) is 12.2 Å². The number of rotatable bonds is 1. The van der Waals surface area contributed by atoms with Crippen LogP contribution in [0.25, 0.3) is 0 Å². The molecule has 0 saturated heterocycles. The van der Waals surface area contributed by atoms with E-state index in [1.165, 1.54) is 0 Å². The smallest absolute Gasteiger partial charge is 0.138 e. The van der Waals surface area contributed by atoms with Crippen LogP contribution in [-0.2, 0) is 4.79 Å². The van der Waals surface area contributed by atoms with Gasteiger partial charge in [0.2, 0.25) is 0 Å². The number of hydrogen-bond donors (Lipinski definition) is 1. The number of Topliss-reactive ketones (excluding diaryl/α,β-unsaturated/α-hetero) is 1. The van der Waals surface area contributed by atoms with Crippen LogP contribution in [0.2, 0.25) is 0 Å². The maximum Gasteiger partial charge on any atom is 0.138 e. The average Bonchev–Trinajstić information content (AvgIpc) is 2.54. The van der Waals surface area contributed by atoms with E-state index in [2.05, 4.69) is 0 Å². The van der Waals surface area contributed by atoms with Gasteiger partial charge in [0.1, 0.15) is 5.78 Å². The van der Waals surface area contributed by atoms with Crippen molar-refractivity contribution in [2.45, 2.75) is 44.1 Å². The lowest BCUT2D eigenvalue weighted by Gasteiger charge is -2.34. The van der Waals surface area contributed by atoms with Crippen molar-refractivity contribution in [2.75, 3.05) is 0 Å². The van der Waals surface area contributed by atoms with Crippen molar-refractivity contribution in [3.05, 3.63) is 12.2 Å². The Morgan fingerprint density at radius 2 is 2.00 bits per heavy atom. The van der Waals surface area contributed by atoms with Crippen molar-refractivity contribution in [1.82, 2.24) is 0 Å². The van der Waals surface area contributed by atoms with Crippen molar-refractivity contribution in [2.24, 2.45) is 5.92 Å². The predicted molar refractivity (Wildman–Crippen MR) is 50.3 cm³/mol. The number of carbonyl (C=O) groups excluding carboxylic acids is 1. The Bertz CT molecular complexity index is 234. The Balaban J connectivity index is 2.09. The molecule has 1 atom stereocenters. The zero-order chi connectivity index (χ0) is 9.31. The summed E-state index contributed by atoms with van der Waals surface area (Å²) in [5.41, 5.74) is -0.725. The molecule has 0 heterocycles. The second-order valence-corrected chi connectivity index (χ2v) is 4.25. The zero-order valence-electron chi connectivity index (χ0n) is 7.83. The van der Waals surface area contributed by atoms with Crippen LogP contribution in [0.5, 0.6) is 0 Å². The highest BCUT2D eigenvalue weighted by Gasteiger charge is 2.41. The summed E-state index contributed by atoms with van der Waals surface area (Å²) in [5.74, 6) is 0.189. The van der Waals surface area contributed by atoms with Gasteiger partial charge in [-0.05, 0) is 25.7 Å². The first kappa shape index (κ1) is 8.95. The quantitative estimate of drug-likeness (QED) is 0.625. The molecule has 2 aliphatic carbocycles. The van der Waals surface area contributed by atoms with Gasteiger partial charge >= 0.3 is 0 Å². The minimum Gasteiger partial charge on any atom is -0.388 e. The van der Waals surface area contributed by atoms with E-state index in [4.69, 9.17) is 0 Å². The van der Waals surface area contributed by atoms with Crippen molar-refractivity contribution in [3.63, 3.8) is 0 Å². The van der Waals surface area contributed by atoms with Crippen LogP contribution in [0.3, 0.4) is 0 Å².